The molecular weight excluding hydrogens is 324 g/mol. The Kier molecular flexibility index (Phi) is 5.51. The van der Waals surface area contributed by atoms with Gasteiger partial charge in [0.2, 0.25) is 6.79 Å². The van der Waals surface area contributed by atoms with Crippen LogP contribution in [0, 0.1) is 0 Å². The van der Waals surface area contributed by atoms with E-state index in [-0.39, 0.29) is 0 Å². The minimum Gasteiger partial charge on any atom is -0.454 e. The third-order valence-corrected chi connectivity index (χ3v) is 5.98. The molecule has 2 aliphatic heterocycles. The zero-order valence-electron chi connectivity index (χ0n) is 16.3. The minimum absolute atomic E-state index is 0.353. The van der Waals surface area contributed by atoms with Crippen molar-refractivity contribution < 1.29 is 9.47 Å². The summed E-state index contributed by atoms with van der Waals surface area (Å²) in [7, 11) is 0. The Morgan fingerprint density at radius 2 is 1.69 bits per heavy atom. The van der Waals surface area contributed by atoms with Crippen molar-refractivity contribution in [3.8, 4) is 11.5 Å². The van der Waals surface area contributed by atoms with Gasteiger partial charge in [-0.05, 0) is 54.6 Å². The van der Waals surface area contributed by atoms with Gasteiger partial charge in [0, 0.05) is 26.2 Å². The van der Waals surface area contributed by atoms with Crippen LogP contribution in [-0.2, 0) is 0 Å². The average Bonchev–Trinajstić information content (AvgIpc) is 3.26. The maximum absolute atomic E-state index is 5.66. The molecule has 26 heavy (non-hydrogen) atoms. The number of hydrogen-bond acceptors (Lipinski definition) is 4. The minimum atomic E-state index is 0.353. The molecule has 0 aromatic heterocycles. The Morgan fingerprint density at radius 1 is 0.962 bits per heavy atom. The van der Waals surface area contributed by atoms with Crippen molar-refractivity contribution in [2.75, 3.05) is 39.5 Å². The first-order chi connectivity index (χ1) is 12.8. The van der Waals surface area contributed by atoms with Crippen LogP contribution in [0.5, 0.6) is 11.5 Å². The summed E-state index contributed by atoms with van der Waals surface area (Å²) in [5, 5.41) is 0. The molecule has 1 aliphatic carbocycles. The lowest BCUT2D eigenvalue weighted by Gasteiger charge is -2.39. The van der Waals surface area contributed by atoms with E-state index in [0.29, 0.717) is 12.8 Å². The van der Waals surface area contributed by atoms with Gasteiger partial charge in [0.25, 0.3) is 0 Å². The number of hydrogen-bond donors (Lipinski definition) is 0. The summed E-state index contributed by atoms with van der Waals surface area (Å²) < 4.78 is 11.3. The summed E-state index contributed by atoms with van der Waals surface area (Å²) in [6.45, 7) is 10.9. The van der Waals surface area contributed by atoms with Gasteiger partial charge in [-0.15, -0.1) is 0 Å². The highest BCUT2D eigenvalue weighted by Gasteiger charge is 2.34. The number of nitrogens with zero attached hydrogens (tertiary/aromatic N) is 2. The van der Waals surface area contributed by atoms with Crippen molar-refractivity contribution in [2.45, 2.75) is 52.0 Å². The second kappa shape index (κ2) is 8.01. The lowest BCUT2D eigenvalue weighted by Crippen LogP contribution is -2.47. The van der Waals surface area contributed by atoms with Crippen LogP contribution < -0.4 is 9.47 Å². The molecular formula is C22H32N2O2. The maximum atomic E-state index is 5.66. The van der Waals surface area contributed by atoms with E-state index in [1.807, 2.05) is 0 Å². The number of piperazine rings is 1. The molecule has 3 aliphatic rings. The van der Waals surface area contributed by atoms with Crippen LogP contribution in [0.4, 0.5) is 0 Å². The predicted octanol–water partition coefficient (Wildman–Crippen LogP) is 4.46. The van der Waals surface area contributed by atoms with Crippen LogP contribution in [0.15, 0.2) is 17.7 Å². The highest BCUT2D eigenvalue weighted by molar-refractivity contribution is 5.70. The fraction of sp³-hybridized carbons (Fsp3) is 0.636. The lowest BCUT2D eigenvalue weighted by molar-refractivity contribution is 0.107. The summed E-state index contributed by atoms with van der Waals surface area (Å²) in [4.78, 5) is 5.32. The van der Waals surface area contributed by atoms with Crippen molar-refractivity contribution in [3.63, 3.8) is 0 Å². The summed E-state index contributed by atoms with van der Waals surface area (Å²) in [6, 6.07) is 4.85. The maximum Gasteiger partial charge on any atom is 0.231 e. The SMILES string of the molecule is CCCCC1=Cc2cc3c(cc2C1N1CCN(CCCC)CC1)OCO3. The van der Waals surface area contributed by atoms with E-state index in [0.717, 1.165) is 24.6 Å². The molecule has 1 aromatic rings. The Labute approximate surface area is 157 Å². The highest BCUT2D eigenvalue weighted by atomic mass is 16.7. The van der Waals surface area contributed by atoms with Gasteiger partial charge in [-0.2, -0.15) is 0 Å². The number of benzene rings is 1. The van der Waals surface area contributed by atoms with Crippen LogP contribution in [-0.4, -0.2) is 49.3 Å². The molecule has 0 spiro atoms. The van der Waals surface area contributed by atoms with Gasteiger partial charge in [-0.25, -0.2) is 0 Å². The van der Waals surface area contributed by atoms with Crippen molar-refractivity contribution in [3.05, 3.63) is 28.8 Å². The van der Waals surface area contributed by atoms with Crippen LogP contribution in [0.2, 0.25) is 0 Å². The van der Waals surface area contributed by atoms with Crippen molar-refractivity contribution in [1.29, 1.82) is 0 Å². The molecule has 0 bridgehead atoms. The number of ether oxygens (including phenoxy) is 2. The summed E-state index contributed by atoms with van der Waals surface area (Å²) >= 11 is 0. The van der Waals surface area contributed by atoms with Crippen molar-refractivity contribution in [2.24, 2.45) is 0 Å². The molecule has 4 rings (SSSR count). The van der Waals surface area contributed by atoms with Gasteiger partial charge in [0.05, 0.1) is 6.04 Å². The molecule has 2 heterocycles. The Morgan fingerprint density at radius 3 is 2.42 bits per heavy atom. The van der Waals surface area contributed by atoms with Crippen LogP contribution in [0.25, 0.3) is 6.08 Å². The molecule has 0 saturated carbocycles. The van der Waals surface area contributed by atoms with Crippen molar-refractivity contribution in [1.82, 2.24) is 9.80 Å². The van der Waals surface area contributed by atoms with E-state index in [1.54, 1.807) is 5.57 Å². The molecule has 142 valence electrons. The first-order valence-corrected chi connectivity index (χ1v) is 10.4. The first-order valence-electron chi connectivity index (χ1n) is 10.4. The fourth-order valence-electron chi connectivity index (χ4n) is 4.46. The highest BCUT2D eigenvalue weighted by Crippen LogP contribution is 2.46. The Balaban J connectivity index is 1.53. The number of fused-ring (bicyclic) bond motifs is 2. The molecule has 0 amide bonds. The van der Waals surface area contributed by atoms with Crippen LogP contribution in [0.1, 0.15) is 63.1 Å². The molecule has 0 radical (unpaired) electrons. The summed E-state index contributed by atoms with van der Waals surface area (Å²) in [5.41, 5.74) is 4.33. The van der Waals surface area contributed by atoms with Gasteiger partial charge in [-0.1, -0.05) is 32.8 Å². The molecule has 1 unspecified atom stereocenters. The van der Waals surface area contributed by atoms with E-state index in [2.05, 4.69) is 41.9 Å². The smallest absolute Gasteiger partial charge is 0.231 e. The topological polar surface area (TPSA) is 24.9 Å². The predicted molar refractivity (Wildman–Crippen MR) is 106 cm³/mol. The second-order valence-electron chi connectivity index (χ2n) is 7.79. The molecule has 0 N–H and O–H groups in total. The van der Waals surface area contributed by atoms with E-state index >= 15 is 0 Å². The normalized spacial score (nSPS) is 22.5. The number of unbranched alkanes of at least 4 members (excludes halogenated alkanes) is 2. The van der Waals surface area contributed by atoms with E-state index in [1.165, 1.54) is 62.9 Å². The van der Waals surface area contributed by atoms with Gasteiger partial charge in [-0.3, -0.25) is 4.90 Å². The quantitative estimate of drug-likeness (QED) is 0.720. The van der Waals surface area contributed by atoms with Gasteiger partial charge < -0.3 is 14.4 Å². The van der Waals surface area contributed by atoms with Gasteiger partial charge in [0.1, 0.15) is 0 Å². The summed E-state index contributed by atoms with van der Waals surface area (Å²) in [6.07, 6.45) is 8.72. The fourth-order valence-corrected chi connectivity index (χ4v) is 4.46. The third kappa shape index (κ3) is 3.49. The molecule has 4 heteroatoms. The monoisotopic (exact) mass is 356 g/mol. The zero-order valence-corrected chi connectivity index (χ0v) is 16.3. The van der Waals surface area contributed by atoms with Gasteiger partial charge >= 0.3 is 0 Å². The standard InChI is InChI=1S/C22H32N2O2/c1-3-5-7-17-13-18-14-20-21(26-16-25-20)15-19(18)22(17)24-11-9-23(10-12-24)8-6-4-2/h13-15,22H,3-12,16H2,1-2H3. The summed E-state index contributed by atoms with van der Waals surface area (Å²) in [5.74, 6) is 1.82. The third-order valence-electron chi connectivity index (χ3n) is 5.98. The zero-order chi connectivity index (χ0) is 17.9. The average molecular weight is 357 g/mol. The molecule has 1 aromatic carbocycles. The number of rotatable bonds is 7. The molecule has 4 nitrogen and oxygen atoms in total. The van der Waals surface area contributed by atoms with Crippen LogP contribution >= 0.6 is 0 Å². The first kappa shape index (κ1) is 17.9. The molecule has 1 fully saturated rings. The van der Waals surface area contributed by atoms with E-state index in [9.17, 15) is 0 Å². The lowest BCUT2D eigenvalue weighted by atomic mass is 9.97. The Bertz CT molecular complexity index is 662. The molecule has 1 saturated heterocycles. The van der Waals surface area contributed by atoms with Crippen LogP contribution in [0.3, 0.4) is 0 Å². The Hall–Kier alpha value is -1.52. The molecule has 1 atom stereocenters. The van der Waals surface area contributed by atoms with E-state index < -0.39 is 0 Å². The second-order valence-corrected chi connectivity index (χ2v) is 7.79. The van der Waals surface area contributed by atoms with E-state index in [4.69, 9.17) is 9.47 Å². The van der Waals surface area contributed by atoms with Crippen molar-refractivity contribution >= 4 is 6.08 Å². The largest absolute Gasteiger partial charge is 0.454 e. The van der Waals surface area contributed by atoms with Gasteiger partial charge in [0.15, 0.2) is 11.5 Å².